The molecule has 115 valence electrons. The van der Waals surface area contributed by atoms with Crippen LogP contribution in [0.1, 0.15) is 15.9 Å². The van der Waals surface area contributed by atoms with Gasteiger partial charge in [-0.2, -0.15) is 13.2 Å². The van der Waals surface area contributed by atoms with Crippen molar-refractivity contribution in [3.05, 3.63) is 53.6 Å². The van der Waals surface area contributed by atoms with E-state index in [4.69, 9.17) is 4.74 Å². The average molecular weight is 310 g/mol. The van der Waals surface area contributed by atoms with Crippen LogP contribution in [0.4, 0.5) is 18.9 Å². The minimum absolute atomic E-state index is 0.0701. The van der Waals surface area contributed by atoms with Gasteiger partial charge < -0.3 is 15.2 Å². The van der Waals surface area contributed by atoms with Crippen molar-refractivity contribution in [2.24, 2.45) is 0 Å². The van der Waals surface area contributed by atoms with Crippen LogP contribution in [0.25, 0.3) is 0 Å². The van der Waals surface area contributed by atoms with Crippen molar-refractivity contribution >= 4 is 11.6 Å². The zero-order chi connectivity index (χ0) is 16.3. The maximum absolute atomic E-state index is 12.7. The smallest absolute Gasteiger partial charge is 0.416 e. The summed E-state index contributed by atoms with van der Waals surface area (Å²) in [5, 5.41) is 11.9. The highest BCUT2D eigenvalue weighted by Gasteiger charge is 2.31. The molecule has 1 amide bonds. The Balaban J connectivity index is 2.36. The predicted octanol–water partition coefficient (Wildman–Crippen LogP) is 3.47. The van der Waals surface area contributed by atoms with Gasteiger partial charge in [0.05, 0.1) is 23.9 Å². The molecule has 0 bridgehead atoms. The molecule has 0 aromatic heterocycles. The lowest BCUT2D eigenvalue weighted by Gasteiger charge is -2.14. The lowest BCUT2D eigenvalue weighted by molar-refractivity contribution is -0.137. The molecule has 0 aliphatic rings. The number of carbonyl (C=O) groups is 1. The van der Waals surface area contributed by atoms with Gasteiger partial charge in [-0.3, -0.25) is 4.79 Å². The van der Waals surface area contributed by atoms with Gasteiger partial charge in [0.1, 0.15) is 11.5 Å². The summed E-state index contributed by atoms with van der Waals surface area (Å²) >= 11 is 0. The van der Waals surface area contributed by atoms with Crippen LogP contribution in [0.15, 0.2) is 36.4 Å². The van der Waals surface area contributed by atoms with Crippen LogP contribution in [0.2, 0.25) is 0 Å². The summed E-state index contributed by atoms with van der Waals surface area (Å²) in [6.07, 6.45) is -4.55. The number of methoxy groups -OCH3 is 1. The highest BCUT2D eigenvalue weighted by atomic mass is 19.4. The van der Waals surface area contributed by atoms with Gasteiger partial charge in [0.2, 0.25) is 0 Å². The standard InChI is InChI=1S/C15H11F3NO3/c1-22-13-7-6-9(15(16,17)18)8-11(13)19-14(21)10-4-2-3-5-12(10)20/h3-8,20H,1H3,(H,19,21). The van der Waals surface area contributed by atoms with Crippen LogP contribution in [0, 0.1) is 6.07 Å². The largest absolute Gasteiger partial charge is 0.507 e. The van der Waals surface area contributed by atoms with Gasteiger partial charge in [-0.05, 0) is 36.4 Å². The van der Waals surface area contributed by atoms with Gasteiger partial charge in [0, 0.05) is 0 Å². The highest BCUT2D eigenvalue weighted by molar-refractivity contribution is 6.06. The number of phenols is 1. The number of benzene rings is 2. The molecule has 1 radical (unpaired) electrons. The Hall–Kier alpha value is -2.70. The van der Waals surface area contributed by atoms with Crippen LogP contribution >= 0.6 is 0 Å². The predicted molar refractivity (Wildman–Crippen MR) is 72.9 cm³/mol. The number of halogens is 3. The lowest BCUT2D eigenvalue weighted by atomic mass is 10.1. The van der Waals surface area contributed by atoms with Gasteiger partial charge >= 0.3 is 6.18 Å². The summed E-state index contributed by atoms with van der Waals surface area (Å²) in [6.45, 7) is 0. The van der Waals surface area contributed by atoms with E-state index in [2.05, 4.69) is 11.4 Å². The number of hydrogen-bond acceptors (Lipinski definition) is 3. The van der Waals surface area contributed by atoms with E-state index >= 15 is 0 Å². The molecule has 0 atom stereocenters. The second-order valence-corrected chi connectivity index (χ2v) is 4.31. The van der Waals surface area contributed by atoms with Crippen LogP contribution < -0.4 is 10.1 Å². The minimum Gasteiger partial charge on any atom is -0.507 e. The quantitative estimate of drug-likeness (QED) is 0.912. The van der Waals surface area contributed by atoms with E-state index in [-0.39, 0.29) is 22.7 Å². The van der Waals surface area contributed by atoms with Crippen molar-refractivity contribution in [1.29, 1.82) is 0 Å². The van der Waals surface area contributed by atoms with Crippen LogP contribution in [-0.4, -0.2) is 18.1 Å². The summed E-state index contributed by atoms with van der Waals surface area (Å²) in [7, 11) is 1.27. The number of amides is 1. The Morgan fingerprint density at radius 3 is 2.64 bits per heavy atom. The Labute approximate surface area is 124 Å². The summed E-state index contributed by atoms with van der Waals surface area (Å²) in [5.74, 6) is -1.00. The topological polar surface area (TPSA) is 58.6 Å². The molecule has 2 rings (SSSR count). The van der Waals surface area contributed by atoms with Gasteiger partial charge in [-0.25, -0.2) is 0 Å². The number of carbonyl (C=O) groups excluding carboxylic acids is 1. The minimum atomic E-state index is -4.55. The Morgan fingerprint density at radius 1 is 1.32 bits per heavy atom. The van der Waals surface area contributed by atoms with E-state index < -0.39 is 17.6 Å². The first-order chi connectivity index (χ1) is 10.3. The summed E-state index contributed by atoms with van der Waals surface area (Å²) in [5.41, 5.74) is -1.18. The number of anilines is 1. The fourth-order valence-corrected chi connectivity index (χ4v) is 1.78. The molecular weight excluding hydrogens is 299 g/mol. The molecule has 2 aromatic carbocycles. The van der Waals surface area contributed by atoms with E-state index in [9.17, 15) is 23.1 Å². The molecule has 2 N–H and O–H groups in total. The molecule has 4 nitrogen and oxygen atoms in total. The zero-order valence-electron chi connectivity index (χ0n) is 11.4. The Morgan fingerprint density at radius 2 is 2.05 bits per heavy atom. The molecule has 2 aromatic rings. The summed E-state index contributed by atoms with van der Waals surface area (Å²) < 4.78 is 43.1. The second kappa shape index (κ2) is 5.97. The second-order valence-electron chi connectivity index (χ2n) is 4.31. The first kappa shape index (κ1) is 15.7. The molecule has 22 heavy (non-hydrogen) atoms. The van der Waals surface area contributed by atoms with E-state index in [0.29, 0.717) is 0 Å². The number of ether oxygens (including phenoxy) is 1. The summed E-state index contributed by atoms with van der Waals surface area (Å²) in [6, 6.07) is 9.20. The van der Waals surface area contributed by atoms with Gasteiger partial charge in [-0.15, -0.1) is 0 Å². The average Bonchev–Trinajstić information content (AvgIpc) is 2.46. The van der Waals surface area contributed by atoms with E-state index in [1.54, 1.807) is 0 Å². The molecule has 0 unspecified atom stereocenters. The SMILES string of the molecule is COc1ccc(C(F)(F)F)cc1NC(=O)c1c[c]ccc1O. The zero-order valence-corrected chi connectivity index (χ0v) is 11.4. The number of hydrogen-bond donors (Lipinski definition) is 2. The first-order valence-corrected chi connectivity index (χ1v) is 6.08. The lowest BCUT2D eigenvalue weighted by Crippen LogP contribution is -2.14. The highest BCUT2D eigenvalue weighted by Crippen LogP contribution is 2.35. The molecule has 0 spiro atoms. The number of phenolic OH excluding ortho intramolecular Hbond substituents is 1. The number of nitrogens with one attached hydrogen (secondary N) is 1. The molecule has 0 heterocycles. The number of alkyl halides is 3. The fourth-order valence-electron chi connectivity index (χ4n) is 1.78. The van der Waals surface area contributed by atoms with Gasteiger partial charge in [0.15, 0.2) is 0 Å². The molecule has 0 aliphatic heterocycles. The summed E-state index contributed by atoms with van der Waals surface area (Å²) in [4.78, 5) is 12.0. The third-order valence-electron chi connectivity index (χ3n) is 2.86. The molecule has 7 heteroatoms. The van der Waals surface area contributed by atoms with Crippen molar-refractivity contribution in [2.75, 3.05) is 12.4 Å². The Kier molecular flexibility index (Phi) is 4.25. The third-order valence-corrected chi connectivity index (χ3v) is 2.86. The maximum Gasteiger partial charge on any atom is 0.416 e. The number of aromatic hydroxyl groups is 1. The van der Waals surface area contributed by atoms with Crippen molar-refractivity contribution in [3.8, 4) is 11.5 Å². The Bertz CT molecular complexity index is 699. The van der Waals surface area contributed by atoms with Crippen molar-refractivity contribution < 1.29 is 27.8 Å². The first-order valence-electron chi connectivity index (χ1n) is 6.08. The maximum atomic E-state index is 12.7. The van der Waals surface area contributed by atoms with Crippen molar-refractivity contribution in [3.63, 3.8) is 0 Å². The van der Waals surface area contributed by atoms with E-state index in [0.717, 1.165) is 18.2 Å². The van der Waals surface area contributed by atoms with Crippen molar-refractivity contribution in [2.45, 2.75) is 6.18 Å². The normalized spacial score (nSPS) is 11.1. The van der Waals surface area contributed by atoms with Gasteiger partial charge in [0.25, 0.3) is 5.91 Å². The molecule has 0 aliphatic carbocycles. The number of rotatable bonds is 3. The van der Waals surface area contributed by atoms with E-state index in [1.807, 2.05) is 0 Å². The molecule has 0 fully saturated rings. The molecule has 0 saturated carbocycles. The van der Waals surface area contributed by atoms with Crippen molar-refractivity contribution in [1.82, 2.24) is 0 Å². The molecule has 0 saturated heterocycles. The van der Waals surface area contributed by atoms with Crippen LogP contribution in [-0.2, 0) is 6.18 Å². The molecular formula is C15H11F3NO3. The monoisotopic (exact) mass is 310 g/mol. The van der Waals surface area contributed by atoms with Crippen LogP contribution in [0.3, 0.4) is 0 Å². The third kappa shape index (κ3) is 3.30. The van der Waals surface area contributed by atoms with Crippen LogP contribution in [0.5, 0.6) is 11.5 Å². The van der Waals surface area contributed by atoms with E-state index in [1.165, 1.54) is 25.3 Å². The van der Waals surface area contributed by atoms with Gasteiger partial charge in [-0.1, -0.05) is 6.07 Å². The fraction of sp³-hybridized carbons (Fsp3) is 0.133.